The van der Waals surface area contributed by atoms with Gasteiger partial charge in [-0.05, 0) is 19.6 Å². The van der Waals surface area contributed by atoms with Gasteiger partial charge in [-0.25, -0.2) is 4.58 Å². The number of rotatable bonds is 3. The second kappa shape index (κ2) is 5.71. The van der Waals surface area contributed by atoms with Gasteiger partial charge in [0.15, 0.2) is 6.21 Å². The van der Waals surface area contributed by atoms with E-state index in [4.69, 9.17) is 4.74 Å². The lowest BCUT2D eigenvalue weighted by Gasteiger charge is -2.10. The summed E-state index contributed by atoms with van der Waals surface area (Å²) >= 11 is 0. The maximum Gasteiger partial charge on any atom is 0.203 e. The first-order chi connectivity index (χ1) is 8.72. The molecule has 0 amide bonds. The zero-order chi connectivity index (χ0) is 13.0. The lowest BCUT2D eigenvalue weighted by molar-refractivity contribution is -0.478. The van der Waals surface area contributed by atoms with Crippen molar-refractivity contribution in [2.24, 2.45) is 0 Å². The SMILES string of the molecule is CO/C([O-])=C1/CCC[N+]1=CC(C)c1ccccc1. The molecular weight excluding hydrogens is 226 g/mol. The van der Waals surface area contributed by atoms with Crippen molar-refractivity contribution in [2.45, 2.75) is 25.7 Å². The minimum atomic E-state index is -0.205. The highest BCUT2D eigenvalue weighted by Gasteiger charge is 2.24. The van der Waals surface area contributed by atoms with Gasteiger partial charge in [0.25, 0.3) is 0 Å². The first-order valence-electron chi connectivity index (χ1n) is 6.33. The summed E-state index contributed by atoms with van der Waals surface area (Å²) < 4.78 is 6.86. The van der Waals surface area contributed by atoms with E-state index in [2.05, 4.69) is 25.3 Å². The van der Waals surface area contributed by atoms with Crippen LogP contribution in [0.1, 0.15) is 31.2 Å². The summed E-state index contributed by atoms with van der Waals surface area (Å²) in [7, 11) is 1.44. The number of hydrogen-bond donors (Lipinski definition) is 0. The number of hydrogen-bond acceptors (Lipinski definition) is 2. The summed E-state index contributed by atoms with van der Waals surface area (Å²) in [6.07, 6.45) is 3.95. The van der Waals surface area contributed by atoms with E-state index in [1.165, 1.54) is 12.7 Å². The maximum absolute atomic E-state index is 11.6. The van der Waals surface area contributed by atoms with Crippen molar-refractivity contribution in [2.75, 3.05) is 13.7 Å². The summed E-state index contributed by atoms with van der Waals surface area (Å²) in [5, 5.41) is 11.6. The number of nitrogens with zero attached hydrogens (tertiary/aromatic N) is 1. The first-order valence-corrected chi connectivity index (χ1v) is 6.33. The van der Waals surface area contributed by atoms with Crippen LogP contribution in [0.25, 0.3) is 0 Å². The fraction of sp³-hybridized carbons (Fsp3) is 0.400. The molecule has 1 heterocycles. The van der Waals surface area contributed by atoms with Crippen LogP contribution in [0.2, 0.25) is 0 Å². The highest BCUT2D eigenvalue weighted by atomic mass is 16.6. The first kappa shape index (κ1) is 12.7. The molecule has 0 saturated carbocycles. The van der Waals surface area contributed by atoms with E-state index < -0.39 is 0 Å². The average Bonchev–Trinajstić information content (AvgIpc) is 2.87. The largest absolute Gasteiger partial charge is 0.612 e. The van der Waals surface area contributed by atoms with Crippen molar-refractivity contribution in [3.63, 3.8) is 0 Å². The molecule has 1 saturated heterocycles. The van der Waals surface area contributed by atoms with Crippen molar-refractivity contribution in [3.05, 3.63) is 47.5 Å². The molecule has 1 aliphatic heterocycles. The molecule has 0 radical (unpaired) electrons. The third-order valence-corrected chi connectivity index (χ3v) is 3.31. The molecule has 0 spiro atoms. The van der Waals surface area contributed by atoms with Crippen LogP contribution in [0.3, 0.4) is 0 Å². The summed E-state index contributed by atoms with van der Waals surface area (Å²) in [5.74, 6) is 0.0907. The van der Waals surface area contributed by atoms with E-state index in [1.54, 1.807) is 0 Å². The molecule has 0 aromatic heterocycles. The highest BCUT2D eigenvalue weighted by molar-refractivity contribution is 5.63. The fourth-order valence-electron chi connectivity index (χ4n) is 2.31. The monoisotopic (exact) mass is 245 g/mol. The van der Waals surface area contributed by atoms with Gasteiger partial charge in [-0.1, -0.05) is 30.3 Å². The smallest absolute Gasteiger partial charge is 0.203 e. The van der Waals surface area contributed by atoms with Gasteiger partial charge < -0.3 is 9.84 Å². The molecule has 1 aliphatic rings. The van der Waals surface area contributed by atoms with Crippen molar-refractivity contribution < 1.29 is 14.4 Å². The molecule has 1 unspecified atom stereocenters. The van der Waals surface area contributed by atoms with Crippen LogP contribution < -0.4 is 5.11 Å². The van der Waals surface area contributed by atoms with E-state index in [0.717, 1.165) is 25.1 Å². The van der Waals surface area contributed by atoms with E-state index in [1.807, 2.05) is 22.8 Å². The van der Waals surface area contributed by atoms with Gasteiger partial charge in [-0.2, -0.15) is 0 Å². The van der Waals surface area contributed by atoms with Gasteiger partial charge >= 0.3 is 0 Å². The van der Waals surface area contributed by atoms with Gasteiger partial charge in [0, 0.05) is 12.8 Å². The zero-order valence-electron chi connectivity index (χ0n) is 10.9. The van der Waals surface area contributed by atoms with E-state index in [9.17, 15) is 5.11 Å². The number of methoxy groups -OCH3 is 1. The zero-order valence-corrected chi connectivity index (χ0v) is 10.9. The average molecular weight is 245 g/mol. The Morgan fingerprint density at radius 3 is 2.78 bits per heavy atom. The van der Waals surface area contributed by atoms with Crippen LogP contribution >= 0.6 is 0 Å². The standard InChI is InChI=1S/C15H19NO2/c1-12(13-7-4-3-5-8-13)11-16-10-6-9-14(16)15(17)18-2/h3-5,7-8,11-12H,6,9-10H2,1-2H3/b15-14-,16-11?. The molecule has 1 fully saturated rings. The molecule has 1 aromatic carbocycles. The Bertz CT molecular complexity index is 463. The summed E-state index contributed by atoms with van der Waals surface area (Å²) in [4.78, 5) is 0. The molecule has 0 bridgehead atoms. The van der Waals surface area contributed by atoms with Gasteiger partial charge in [0.2, 0.25) is 5.70 Å². The highest BCUT2D eigenvalue weighted by Crippen LogP contribution is 2.20. The molecular formula is C15H19NO2. The van der Waals surface area contributed by atoms with Gasteiger partial charge in [0.05, 0.1) is 5.92 Å². The van der Waals surface area contributed by atoms with Crippen LogP contribution in [0.5, 0.6) is 0 Å². The van der Waals surface area contributed by atoms with Crippen LogP contribution in [-0.2, 0) is 4.74 Å². The van der Waals surface area contributed by atoms with E-state index >= 15 is 0 Å². The van der Waals surface area contributed by atoms with Crippen molar-refractivity contribution in [1.82, 2.24) is 0 Å². The Kier molecular flexibility index (Phi) is 4.03. The number of allylic oxidation sites excluding steroid dienone is 1. The molecule has 96 valence electrons. The van der Waals surface area contributed by atoms with Crippen molar-refractivity contribution in [1.29, 1.82) is 0 Å². The van der Waals surface area contributed by atoms with E-state index in [-0.39, 0.29) is 5.95 Å². The Hall–Kier alpha value is -1.77. The predicted octanol–water partition coefficient (Wildman–Crippen LogP) is 1.84. The molecule has 1 atom stereocenters. The maximum atomic E-state index is 11.6. The Labute approximate surface area is 108 Å². The van der Waals surface area contributed by atoms with Crippen LogP contribution in [-0.4, -0.2) is 24.4 Å². The Morgan fingerprint density at radius 2 is 2.11 bits per heavy atom. The van der Waals surface area contributed by atoms with Crippen molar-refractivity contribution >= 4 is 6.21 Å². The van der Waals surface area contributed by atoms with Crippen LogP contribution in [0.4, 0.5) is 0 Å². The lowest BCUT2D eigenvalue weighted by Crippen LogP contribution is -2.17. The molecule has 3 nitrogen and oxygen atoms in total. The third-order valence-electron chi connectivity index (χ3n) is 3.31. The summed E-state index contributed by atoms with van der Waals surface area (Å²) in [6, 6.07) is 10.3. The topological polar surface area (TPSA) is 35.3 Å². The Morgan fingerprint density at radius 1 is 1.39 bits per heavy atom. The molecule has 0 N–H and O–H groups in total. The van der Waals surface area contributed by atoms with Crippen LogP contribution in [0, 0.1) is 0 Å². The minimum Gasteiger partial charge on any atom is -0.612 e. The second-order valence-electron chi connectivity index (χ2n) is 4.58. The van der Waals surface area contributed by atoms with E-state index in [0.29, 0.717) is 5.92 Å². The normalized spacial score (nSPS) is 22.0. The minimum absolute atomic E-state index is 0.205. The molecule has 18 heavy (non-hydrogen) atoms. The number of ether oxygens (including phenoxy) is 1. The van der Waals surface area contributed by atoms with Gasteiger partial charge in [-0.3, -0.25) is 0 Å². The summed E-state index contributed by atoms with van der Waals surface area (Å²) in [6.45, 7) is 3.05. The molecule has 1 aromatic rings. The Balaban J connectivity index is 2.23. The fourth-order valence-corrected chi connectivity index (χ4v) is 2.31. The molecule has 2 rings (SSSR count). The lowest BCUT2D eigenvalue weighted by atomic mass is 10.0. The van der Waals surface area contributed by atoms with Gasteiger partial charge in [0.1, 0.15) is 12.5 Å². The second-order valence-corrected chi connectivity index (χ2v) is 4.58. The summed E-state index contributed by atoms with van der Waals surface area (Å²) in [5.41, 5.74) is 2.04. The van der Waals surface area contributed by atoms with Crippen LogP contribution in [0.15, 0.2) is 42.0 Å². The van der Waals surface area contributed by atoms with Crippen molar-refractivity contribution in [3.8, 4) is 0 Å². The molecule has 0 aliphatic carbocycles. The number of benzene rings is 1. The molecule has 3 heteroatoms. The third kappa shape index (κ3) is 2.73. The predicted molar refractivity (Wildman–Crippen MR) is 69.3 cm³/mol. The van der Waals surface area contributed by atoms with Gasteiger partial charge in [-0.15, -0.1) is 0 Å². The quantitative estimate of drug-likeness (QED) is 0.601.